The summed E-state index contributed by atoms with van der Waals surface area (Å²) >= 11 is 0. The Kier molecular flexibility index (Phi) is 5.44. The number of ketones is 1. The molecule has 1 saturated carbocycles. The van der Waals surface area contributed by atoms with Gasteiger partial charge in [-0.3, -0.25) is 14.5 Å². The van der Waals surface area contributed by atoms with Crippen molar-refractivity contribution in [3.8, 4) is 22.5 Å². The maximum absolute atomic E-state index is 13.9. The Morgan fingerprint density at radius 3 is 2.39 bits per heavy atom. The molecule has 1 amide bonds. The molecule has 1 aliphatic heterocycles. The average molecular weight is 518 g/mol. The molecule has 0 unspecified atom stereocenters. The van der Waals surface area contributed by atoms with E-state index in [-0.39, 0.29) is 35.0 Å². The zero-order chi connectivity index (χ0) is 26.8. The van der Waals surface area contributed by atoms with E-state index in [1.807, 2.05) is 37.4 Å². The highest BCUT2D eigenvalue weighted by molar-refractivity contribution is 6.11. The number of rotatable bonds is 5. The molecular weight excluding hydrogens is 495 g/mol. The molecule has 2 aliphatic rings. The molecule has 2 aromatic heterocycles. The van der Waals surface area contributed by atoms with Gasteiger partial charge in [0.2, 0.25) is 0 Å². The first kappa shape index (κ1) is 24.0. The first-order valence-corrected chi connectivity index (χ1v) is 12.1. The van der Waals surface area contributed by atoms with Gasteiger partial charge in [-0.25, -0.2) is 4.98 Å². The molecule has 0 bridgehead atoms. The van der Waals surface area contributed by atoms with E-state index in [9.17, 15) is 22.8 Å². The van der Waals surface area contributed by atoms with Crippen molar-refractivity contribution >= 4 is 17.5 Å². The molecule has 1 aliphatic carbocycles. The SMILES string of the molecule is CC(=O)c1cc2c(c(C(F)(F)F)c1)CN(c1cc(-c3ccccc3-c3nncn3C)cc(C3CC3)n1)C2=O. The van der Waals surface area contributed by atoms with Crippen LogP contribution in [0.3, 0.4) is 0 Å². The molecular formula is C28H22F3N5O2. The van der Waals surface area contributed by atoms with Crippen LogP contribution in [0.25, 0.3) is 22.5 Å². The number of aromatic nitrogens is 4. The zero-order valence-corrected chi connectivity index (χ0v) is 20.6. The number of nitrogens with zero attached hydrogens (tertiary/aromatic N) is 5. The van der Waals surface area contributed by atoms with Gasteiger partial charge >= 0.3 is 6.18 Å². The number of anilines is 1. The molecule has 10 heteroatoms. The number of hydrogen-bond acceptors (Lipinski definition) is 5. The normalized spacial score (nSPS) is 15.2. The smallest absolute Gasteiger partial charge is 0.317 e. The van der Waals surface area contributed by atoms with Crippen LogP contribution < -0.4 is 4.90 Å². The van der Waals surface area contributed by atoms with Crippen molar-refractivity contribution in [1.29, 1.82) is 0 Å². The van der Waals surface area contributed by atoms with E-state index in [4.69, 9.17) is 4.98 Å². The molecule has 0 N–H and O–H groups in total. The zero-order valence-electron chi connectivity index (χ0n) is 20.6. The second-order valence-corrected chi connectivity index (χ2v) is 9.72. The largest absolute Gasteiger partial charge is 0.416 e. The van der Waals surface area contributed by atoms with Crippen LogP contribution >= 0.6 is 0 Å². The summed E-state index contributed by atoms with van der Waals surface area (Å²) in [7, 11) is 1.84. The molecule has 0 spiro atoms. The van der Waals surface area contributed by atoms with E-state index >= 15 is 0 Å². The predicted molar refractivity (Wildman–Crippen MR) is 134 cm³/mol. The molecule has 6 rings (SSSR count). The fourth-order valence-electron chi connectivity index (χ4n) is 4.93. The van der Waals surface area contributed by atoms with Crippen molar-refractivity contribution in [2.75, 3.05) is 4.90 Å². The van der Waals surface area contributed by atoms with Crippen molar-refractivity contribution in [1.82, 2.24) is 19.7 Å². The van der Waals surface area contributed by atoms with E-state index in [2.05, 4.69) is 10.2 Å². The number of pyridine rings is 1. The number of halogens is 3. The van der Waals surface area contributed by atoms with Crippen LogP contribution in [0.4, 0.5) is 19.0 Å². The molecule has 3 heterocycles. The lowest BCUT2D eigenvalue weighted by atomic mass is 9.97. The summed E-state index contributed by atoms with van der Waals surface area (Å²) in [5.74, 6) is 0.00696. The van der Waals surface area contributed by atoms with E-state index in [0.29, 0.717) is 5.82 Å². The number of amides is 1. The van der Waals surface area contributed by atoms with Gasteiger partial charge in [-0.05, 0) is 60.7 Å². The molecule has 0 saturated heterocycles. The van der Waals surface area contributed by atoms with Gasteiger partial charge in [0.05, 0.1) is 12.1 Å². The Morgan fingerprint density at radius 1 is 1.03 bits per heavy atom. The number of hydrogen-bond donors (Lipinski definition) is 0. The standard InChI is InChI=1S/C28H22F3N5O2/c1-15(37)17-9-21-22(23(10-17)28(29,30)31)13-36(27(21)38)25-12-18(11-24(33-25)16-7-8-16)19-5-3-4-6-20(19)26-34-32-14-35(26)2/h3-6,9-12,14,16H,7-8,13H2,1-2H3. The van der Waals surface area contributed by atoms with Crippen LogP contribution in [0, 0.1) is 0 Å². The van der Waals surface area contributed by atoms with Gasteiger partial charge in [-0.15, -0.1) is 10.2 Å². The molecule has 1 fully saturated rings. The second kappa shape index (κ2) is 8.61. The third-order valence-electron chi connectivity index (χ3n) is 7.05. The summed E-state index contributed by atoms with van der Waals surface area (Å²) in [5, 5.41) is 8.22. The minimum Gasteiger partial charge on any atom is -0.317 e. The number of carbonyl (C=O) groups excluding carboxylic acids is 2. The molecule has 0 radical (unpaired) electrons. The molecule has 192 valence electrons. The summed E-state index contributed by atoms with van der Waals surface area (Å²) in [6.45, 7) is 0.896. The van der Waals surface area contributed by atoms with Crippen LogP contribution in [0.15, 0.2) is 54.9 Å². The molecule has 2 aromatic carbocycles. The van der Waals surface area contributed by atoms with Gasteiger partial charge in [-0.1, -0.05) is 24.3 Å². The predicted octanol–water partition coefficient (Wildman–Crippen LogP) is 5.80. The van der Waals surface area contributed by atoms with Crippen LogP contribution in [0.1, 0.15) is 63.2 Å². The highest BCUT2D eigenvalue weighted by Crippen LogP contribution is 2.44. The fourth-order valence-corrected chi connectivity index (χ4v) is 4.93. The summed E-state index contributed by atoms with van der Waals surface area (Å²) in [5.41, 5.74) is 1.85. The molecule has 7 nitrogen and oxygen atoms in total. The summed E-state index contributed by atoms with van der Waals surface area (Å²) in [6, 6.07) is 13.4. The third kappa shape index (κ3) is 4.06. The van der Waals surface area contributed by atoms with E-state index in [0.717, 1.165) is 41.3 Å². The van der Waals surface area contributed by atoms with E-state index < -0.39 is 23.4 Å². The lowest BCUT2D eigenvalue weighted by molar-refractivity contribution is -0.138. The molecule has 4 aromatic rings. The molecule has 38 heavy (non-hydrogen) atoms. The fraction of sp³-hybridized carbons (Fsp3) is 0.250. The Bertz CT molecular complexity index is 1620. The minimum atomic E-state index is -4.71. The average Bonchev–Trinajstić information content (AvgIpc) is 3.57. The Hall–Kier alpha value is -4.34. The van der Waals surface area contributed by atoms with Gasteiger partial charge < -0.3 is 4.57 Å². The maximum atomic E-state index is 13.9. The van der Waals surface area contributed by atoms with E-state index in [1.165, 1.54) is 17.9 Å². The highest BCUT2D eigenvalue weighted by Gasteiger charge is 2.41. The number of Topliss-reactive ketones (excluding diaryl/α,β-unsaturated/α-hetero) is 1. The number of aryl methyl sites for hydroxylation is 1. The summed E-state index contributed by atoms with van der Waals surface area (Å²) < 4.78 is 43.6. The Morgan fingerprint density at radius 2 is 1.76 bits per heavy atom. The van der Waals surface area contributed by atoms with Gasteiger partial charge in [-0.2, -0.15) is 13.2 Å². The lowest BCUT2D eigenvalue weighted by Crippen LogP contribution is -2.24. The Balaban J connectivity index is 1.49. The quantitative estimate of drug-likeness (QED) is 0.313. The number of alkyl halides is 3. The van der Waals surface area contributed by atoms with Crippen molar-refractivity contribution in [3.63, 3.8) is 0 Å². The second-order valence-electron chi connectivity index (χ2n) is 9.72. The number of fused-ring (bicyclic) bond motifs is 1. The highest BCUT2D eigenvalue weighted by atomic mass is 19.4. The van der Waals surface area contributed by atoms with Crippen molar-refractivity contribution in [2.24, 2.45) is 7.05 Å². The van der Waals surface area contributed by atoms with Gasteiger partial charge in [0, 0.05) is 35.3 Å². The number of carbonyl (C=O) groups is 2. The summed E-state index contributed by atoms with van der Waals surface area (Å²) in [6.07, 6.45) is -1.20. The third-order valence-corrected chi connectivity index (χ3v) is 7.05. The van der Waals surface area contributed by atoms with Crippen LogP contribution in [0.5, 0.6) is 0 Å². The lowest BCUT2D eigenvalue weighted by Gasteiger charge is -2.19. The first-order chi connectivity index (χ1) is 18.1. The topological polar surface area (TPSA) is 81.0 Å². The maximum Gasteiger partial charge on any atom is 0.416 e. The van der Waals surface area contributed by atoms with Crippen molar-refractivity contribution in [2.45, 2.75) is 38.4 Å². The Labute approximate surface area is 216 Å². The van der Waals surface area contributed by atoms with E-state index in [1.54, 1.807) is 17.0 Å². The summed E-state index contributed by atoms with van der Waals surface area (Å²) in [4.78, 5) is 31.4. The first-order valence-electron chi connectivity index (χ1n) is 12.1. The van der Waals surface area contributed by atoms with Crippen molar-refractivity contribution in [3.05, 3.63) is 82.8 Å². The van der Waals surface area contributed by atoms with Crippen LogP contribution in [-0.2, 0) is 19.8 Å². The minimum absolute atomic E-state index is 0.121. The molecule has 0 atom stereocenters. The van der Waals surface area contributed by atoms with Crippen LogP contribution in [0.2, 0.25) is 0 Å². The monoisotopic (exact) mass is 517 g/mol. The van der Waals surface area contributed by atoms with Gasteiger partial charge in [0.15, 0.2) is 11.6 Å². The van der Waals surface area contributed by atoms with Gasteiger partial charge in [0.1, 0.15) is 12.1 Å². The van der Waals surface area contributed by atoms with Gasteiger partial charge in [0.25, 0.3) is 5.91 Å². The van der Waals surface area contributed by atoms with Crippen LogP contribution in [-0.4, -0.2) is 31.4 Å². The number of benzene rings is 2. The van der Waals surface area contributed by atoms with Crippen molar-refractivity contribution < 1.29 is 22.8 Å².